The number of hydrogen-bond donors (Lipinski definition) is 1. The monoisotopic (exact) mass is 317 g/mol. The summed E-state index contributed by atoms with van der Waals surface area (Å²) in [7, 11) is 3.72. The number of aromatic nitrogens is 2. The van der Waals surface area contributed by atoms with Crippen LogP contribution >= 0.6 is 11.8 Å². The third-order valence-electron chi connectivity index (χ3n) is 4.36. The number of ether oxygens (including phenoxy) is 1. The Balaban J connectivity index is 1.80. The molecule has 22 heavy (non-hydrogen) atoms. The van der Waals surface area contributed by atoms with E-state index < -0.39 is 0 Å². The molecule has 0 fully saturated rings. The van der Waals surface area contributed by atoms with Crippen LogP contribution in [-0.2, 0) is 13.6 Å². The molecule has 1 aliphatic heterocycles. The first-order valence-corrected chi connectivity index (χ1v) is 8.69. The standard InChI is InChI=1S/C17H23N3OS/c1-12-13(11-19-20(12)2)10-18-16-5-4-8-22-17-7-6-14(21-3)9-15(16)17/h6-7,9,11,16,18H,4-5,8,10H2,1-3H3. The molecule has 0 amide bonds. The van der Waals surface area contributed by atoms with E-state index in [2.05, 4.69) is 35.5 Å². The van der Waals surface area contributed by atoms with Crippen LogP contribution in [0, 0.1) is 6.92 Å². The molecule has 118 valence electrons. The number of fused-ring (bicyclic) bond motifs is 1. The Morgan fingerprint density at radius 2 is 2.32 bits per heavy atom. The molecule has 5 heteroatoms. The number of aryl methyl sites for hydroxylation is 1. The lowest BCUT2D eigenvalue weighted by Crippen LogP contribution is -2.21. The van der Waals surface area contributed by atoms with E-state index in [4.69, 9.17) is 4.74 Å². The molecule has 1 aliphatic rings. The van der Waals surface area contributed by atoms with Gasteiger partial charge in [0, 0.05) is 35.8 Å². The molecule has 4 nitrogen and oxygen atoms in total. The van der Waals surface area contributed by atoms with E-state index in [1.165, 1.54) is 33.9 Å². The van der Waals surface area contributed by atoms with Gasteiger partial charge in [-0.3, -0.25) is 4.68 Å². The normalized spacial score (nSPS) is 17.9. The summed E-state index contributed by atoms with van der Waals surface area (Å²) in [6.07, 6.45) is 4.35. The van der Waals surface area contributed by atoms with Crippen molar-refractivity contribution >= 4 is 11.8 Å². The van der Waals surface area contributed by atoms with Crippen molar-refractivity contribution in [1.29, 1.82) is 0 Å². The number of rotatable bonds is 4. The van der Waals surface area contributed by atoms with Gasteiger partial charge in [-0.15, -0.1) is 11.8 Å². The third-order valence-corrected chi connectivity index (χ3v) is 5.54. The van der Waals surface area contributed by atoms with Gasteiger partial charge in [0.1, 0.15) is 5.75 Å². The van der Waals surface area contributed by atoms with Crippen LogP contribution in [-0.4, -0.2) is 22.6 Å². The first-order chi connectivity index (χ1) is 10.7. The molecule has 0 aliphatic carbocycles. The Morgan fingerprint density at radius 3 is 3.05 bits per heavy atom. The molecular formula is C17H23N3OS. The fraction of sp³-hybridized carbons (Fsp3) is 0.471. The average molecular weight is 317 g/mol. The highest BCUT2D eigenvalue weighted by Crippen LogP contribution is 2.37. The molecule has 2 heterocycles. The van der Waals surface area contributed by atoms with Crippen LogP contribution in [0.1, 0.15) is 35.7 Å². The lowest BCUT2D eigenvalue weighted by molar-refractivity contribution is 0.411. The van der Waals surface area contributed by atoms with Crippen LogP contribution in [0.3, 0.4) is 0 Å². The fourth-order valence-corrected chi connectivity index (χ4v) is 3.91. The highest BCUT2D eigenvalue weighted by Gasteiger charge is 2.20. The largest absolute Gasteiger partial charge is 0.497 e. The van der Waals surface area contributed by atoms with Crippen molar-refractivity contribution in [2.75, 3.05) is 12.9 Å². The van der Waals surface area contributed by atoms with Crippen molar-refractivity contribution in [2.45, 2.75) is 37.2 Å². The molecule has 0 saturated carbocycles. The van der Waals surface area contributed by atoms with Gasteiger partial charge >= 0.3 is 0 Å². The number of hydrogen-bond acceptors (Lipinski definition) is 4. The molecule has 0 spiro atoms. The molecule has 3 rings (SSSR count). The van der Waals surface area contributed by atoms with Crippen molar-refractivity contribution in [3.63, 3.8) is 0 Å². The second-order valence-electron chi connectivity index (χ2n) is 5.71. The van der Waals surface area contributed by atoms with Gasteiger partial charge in [0.05, 0.1) is 13.3 Å². The van der Waals surface area contributed by atoms with E-state index in [1.807, 2.05) is 29.7 Å². The average Bonchev–Trinajstić information content (AvgIpc) is 2.75. The Kier molecular flexibility index (Phi) is 4.74. The summed E-state index contributed by atoms with van der Waals surface area (Å²) in [5.41, 5.74) is 3.86. The van der Waals surface area contributed by atoms with Crippen molar-refractivity contribution in [1.82, 2.24) is 15.1 Å². The third kappa shape index (κ3) is 3.15. The molecular weight excluding hydrogens is 294 g/mol. The fourth-order valence-electron chi connectivity index (χ4n) is 2.85. The Morgan fingerprint density at radius 1 is 1.45 bits per heavy atom. The molecule has 1 aromatic heterocycles. The lowest BCUT2D eigenvalue weighted by atomic mass is 10.0. The molecule has 1 aromatic carbocycles. The quantitative estimate of drug-likeness (QED) is 0.937. The first kappa shape index (κ1) is 15.4. The van der Waals surface area contributed by atoms with Gasteiger partial charge in [-0.2, -0.15) is 5.10 Å². The summed E-state index contributed by atoms with van der Waals surface area (Å²) in [5.74, 6) is 2.12. The van der Waals surface area contributed by atoms with Gasteiger partial charge in [-0.05, 0) is 49.3 Å². The van der Waals surface area contributed by atoms with E-state index in [0.717, 1.165) is 18.7 Å². The summed E-state index contributed by atoms with van der Waals surface area (Å²) < 4.78 is 7.33. The van der Waals surface area contributed by atoms with E-state index in [1.54, 1.807) is 7.11 Å². The minimum absolute atomic E-state index is 0.375. The molecule has 0 saturated heterocycles. The van der Waals surface area contributed by atoms with E-state index in [-0.39, 0.29) is 0 Å². The highest BCUT2D eigenvalue weighted by molar-refractivity contribution is 7.99. The van der Waals surface area contributed by atoms with Crippen molar-refractivity contribution in [2.24, 2.45) is 7.05 Å². The minimum Gasteiger partial charge on any atom is -0.497 e. The number of nitrogens with one attached hydrogen (secondary N) is 1. The lowest BCUT2D eigenvalue weighted by Gasteiger charge is -2.19. The second kappa shape index (κ2) is 6.75. The summed E-state index contributed by atoms with van der Waals surface area (Å²) in [6.45, 7) is 2.97. The number of thioether (sulfide) groups is 1. The van der Waals surface area contributed by atoms with Crippen LogP contribution in [0.5, 0.6) is 5.75 Å². The topological polar surface area (TPSA) is 39.1 Å². The van der Waals surface area contributed by atoms with E-state index in [0.29, 0.717) is 6.04 Å². The van der Waals surface area contributed by atoms with Crippen LogP contribution in [0.15, 0.2) is 29.3 Å². The zero-order valence-electron chi connectivity index (χ0n) is 13.4. The predicted molar refractivity (Wildman–Crippen MR) is 90.5 cm³/mol. The van der Waals surface area contributed by atoms with Gasteiger partial charge in [0.25, 0.3) is 0 Å². The van der Waals surface area contributed by atoms with Gasteiger partial charge in [-0.1, -0.05) is 0 Å². The number of nitrogens with zero attached hydrogens (tertiary/aromatic N) is 2. The number of benzene rings is 1. The van der Waals surface area contributed by atoms with E-state index >= 15 is 0 Å². The van der Waals surface area contributed by atoms with Gasteiger partial charge in [0.2, 0.25) is 0 Å². The zero-order chi connectivity index (χ0) is 15.5. The second-order valence-corrected chi connectivity index (χ2v) is 6.84. The van der Waals surface area contributed by atoms with E-state index in [9.17, 15) is 0 Å². The summed E-state index contributed by atoms with van der Waals surface area (Å²) in [4.78, 5) is 1.37. The molecule has 1 N–H and O–H groups in total. The van der Waals surface area contributed by atoms with Crippen molar-refractivity contribution in [3.05, 3.63) is 41.2 Å². The maximum absolute atomic E-state index is 5.40. The van der Waals surface area contributed by atoms with Crippen LogP contribution < -0.4 is 10.1 Å². The predicted octanol–water partition coefficient (Wildman–Crippen LogP) is 3.45. The van der Waals surface area contributed by atoms with Gasteiger partial charge < -0.3 is 10.1 Å². The van der Waals surface area contributed by atoms with Gasteiger partial charge in [-0.25, -0.2) is 0 Å². The van der Waals surface area contributed by atoms with Gasteiger partial charge in [0.15, 0.2) is 0 Å². The Bertz CT molecular complexity index is 653. The first-order valence-electron chi connectivity index (χ1n) is 7.70. The molecule has 2 aromatic rings. The maximum Gasteiger partial charge on any atom is 0.119 e. The van der Waals surface area contributed by atoms with Crippen molar-refractivity contribution < 1.29 is 4.74 Å². The molecule has 0 bridgehead atoms. The SMILES string of the molecule is COc1ccc2c(c1)C(NCc1cnn(C)c1C)CCCS2. The summed E-state index contributed by atoms with van der Waals surface area (Å²) in [5, 5.41) is 8.04. The smallest absolute Gasteiger partial charge is 0.119 e. The molecule has 0 radical (unpaired) electrons. The number of methoxy groups -OCH3 is 1. The van der Waals surface area contributed by atoms with Crippen LogP contribution in [0.2, 0.25) is 0 Å². The molecule has 1 atom stereocenters. The summed E-state index contributed by atoms with van der Waals surface area (Å²) >= 11 is 1.95. The minimum atomic E-state index is 0.375. The Hall–Kier alpha value is -1.46. The highest BCUT2D eigenvalue weighted by atomic mass is 32.2. The maximum atomic E-state index is 5.40. The Labute approximate surface area is 136 Å². The van der Waals surface area contributed by atoms with Crippen LogP contribution in [0.25, 0.3) is 0 Å². The summed E-state index contributed by atoms with van der Waals surface area (Å²) in [6, 6.07) is 6.80. The molecule has 1 unspecified atom stereocenters. The van der Waals surface area contributed by atoms with Crippen LogP contribution in [0.4, 0.5) is 0 Å². The van der Waals surface area contributed by atoms with Crippen molar-refractivity contribution in [3.8, 4) is 5.75 Å². The zero-order valence-corrected chi connectivity index (χ0v) is 14.2.